The van der Waals surface area contributed by atoms with Crippen molar-refractivity contribution < 1.29 is 0 Å². The van der Waals surface area contributed by atoms with E-state index in [-0.39, 0.29) is 0 Å². The smallest absolute Gasteiger partial charge is 0.0406 e. The van der Waals surface area contributed by atoms with Gasteiger partial charge in [-0.25, -0.2) is 0 Å². The minimum absolute atomic E-state index is 0.645. The average molecular weight is 351 g/mol. The van der Waals surface area contributed by atoms with Crippen LogP contribution in [0.25, 0.3) is 0 Å². The monoisotopic (exact) mass is 350 g/mol. The molecule has 2 atom stereocenters. The second-order valence-corrected chi connectivity index (χ2v) is 8.11. The van der Waals surface area contributed by atoms with Crippen LogP contribution in [0.5, 0.6) is 0 Å². The second kappa shape index (κ2) is 7.38. The van der Waals surface area contributed by atoms with Crippen LogP contribution in [0.3, 0.4) is 0 Å². The van der Waals surface area contributed by atoms with Gasteiger partial charge in [-0.15, -0.1) is 0 Å². The van der Waals surface area contributed by atoms with E-state index in [4.69, 9.17) is 11.6 Å². The van der Waals surface area contributed by atoms with Gasteiger partial charge in [0.05, 0.1) is 0 Å². The Bertz CT molecular complexity index is 769. The highest BCUT2D eigenvalue weighted by atomic mass is 35.5. The third kappa shape index (κ3) is 3.55. The number of benzene rings is 2. The van der Waals surface area contributed by atoms with Crippen LogP contribution in [-0.2, 0) is 25.7 Å². The molecule has 0 bridgehead atoms. The summed E-state index contributed by atoms with van der Waals surface area (Å²) in [6, 6.07) is 13.3. The molecule has 0 N–H and O–H groups in total. The summed E-state index contributed by atoms with van der Waals surface area (Å²) in [7, 11) is 0. The summed E-state index contributed by atoms with van der Waals surface area (Å²) in [6.45, 7) is 2.22. The molecule has 4 rings (SSSR count). The highest BCUT2D eigenvalue weighted by molar-refractivity contribution is 6.30. The SMILES string of the molecule is CC/C=C/C1CCc2c(ccc3c2CCC(c2ccc(Cl)cc2)C3)C1. The summed E-state index contributed by atoms with van der Waals surface area (Å²) in [6.07, 6.45) is 13.4. The number of hydrogen-bond donors (Lipinski definition) is 0. The zero-order valence-corrected chi connectivity index (χ0v) is 15.9. The molecule has 0 radical (unpaired) electrons. The summed E-state index contributed by atoms with van der Waals surface area (Å²) < 4.78 is 0. The summed E-state index contributed by atoms with van der Waals surface area (Å²) in [4.78, 5) is 0. The third-order valence-electron chi connectivity index (χ3n) is 6.07. The maximum atomic E-state index is 6.05. The molecule has 0 nitrogen and oxygen atoms in total. The molecule has 0 saturated carbocycles. The molecule has 0 amide bonds. The molecule has 25 heavy (non-hydrogen) atoms. The highest BCUT2D eigenvalue weighted by Crippen LogP contribution is 2.38. The summed E-state index contributed by atoms with van der Waals surface area (Å²) in [5, 5.41) is 0.834. The Labute approximate surface area is 156 Å². The number of rotatable bonds is 3. The zero-order valence-electron chi connectivity index (χ0n) is 15.1. The lowest BCUT2D eigenvalue weighted by Gasteiger charge is -2.31. The van der Waals surface area contributed by atoms with Crippen molar-refractivity contribution in [3.63, 3.8) is 0 Å². The van der Waals surface area contributed by atoms with Crippen LogP contribution in [0, 0.1) is 5.92 Å². The maximum absolute atomic E-state index is 6.05. The molecule has 2 aliphatic rings. The lowest BCUT2D eigenvalue weighted by Crippen LogP contribution is -2.20. The van der Waals surface area contributed by atoms with Gasteiger partial charge in [-0.2, -0.15) is 0 Å². The largest absolute Gasteiger partial charge is 0.0885 e. The van der Waals surface area contributed by atoms with Gasteiger partial charge in [-0.3, -0.25) is 0 Å². The van der Waals surface area contributed by atoms with Crippen molar-refractivity contribution in [1.29, 1.82) is 0 Å². The van der Waals surface area contributed by atoms with Crippen molar-refractivity contribution in [2.45, 2.75) is 57.8 Å². The van der Waals surface area contributed by atoms with Crippen molar-refractivity contribution in [2.75, 3.05) is 0 Å². The molecular formula is C24H27Cl. The Morgan fingerprint density at radius 1 is 0.920 bits per heavy atom. The van der Waals surface area contributed by atoms with E-state index in [1.807, 2.05) is 12.1 Å². The van der Waals surface area contributed by atoms with Gasteiger partial charge in [0.25, 0.3) is 0 Å². The van der Waals surface area contributed by atoms with Crippen molar-refractivity contribution >= 4 is 11.6 Å². The quantitative estimate of drug-likeness (QED) is 0.541. The predicted octanol–water partition coefficient (Wildman–Crippen LogP) is 6.68. The van der Waals surface area contributed by atoms with Crippen molar-refractivity contribution in [3.05, 3.63) is 81.4 Å². The number of halogens is 1. The predicted molar refractivity (Wildman–Crippen MR) is 108 cm³/mol. The first-order valence-electron chi connectivity index (χ1n) is 9.79. The molecule has 0 saturated heterocycles. The van der Waals surface area contributed by atoms with E-state index in [2.05, 4.69) is 43.3 Å². The van der Waals surface area contributed by atoms with Gasteiger partial charge in [0.2, 0.25) is 0 Å². The van der Waals surface area contributed by atoms with Gasteiger partial charge >= 0.3 is 0 Å². The molecule has 2 unspecified atom stereocenters. The Morgan fingerprint density at radius 2 is 1.60 bits per heavy atom. The van der Waals surface area contributed by atoms with E-state index < -0.39 is 0 Å². The van der Waals surface area contributed by atoms with E-state index >= 15 is 0 Å². The van der Waals surface area contributed by atoms with Gasteiger partial charge in [-0.05, 0) is 96.7 Å². The second-order valence-electron chi connectivity index (χ2n) is 7.67. The maximum Gasteiger partial charge on any atom is 0.0406 e. The molecule has 0 fully saturated rings. The van der Waals surface area contributed by atoms with Crippen LogP contribution in [-0.4, -0.2) is 0 Å². The van der Waals surface area contributed by atoms with Crippen LogP contribution < -0.4 is 0 Å². The molecule has 2 aromatic rings. The highest BCUT2D eigenvalue weighted by Gasteiger charge is 2.26. The number of fused-ring (bicyclic) bond motifs is 3. The first-order valence-corrected chi connectivity index (χ1v) is 10.2. The van der Waals surface area contributed by atoms with Gasteiger partial charge in [0.1, 0.15) is 0 Å². The first-order chi connectivity index (χ1) is 12.2. The Balaban J connectivity index is 1.55. The normalized spacial score (nSPS) is 22.6. The molecule has 2 aliphatic carbocycles. The summed E-state index contributed by atoms with van der Waals surface area (Å²) >= 11 is 6.05. The number of hydrogen-bond acceptors (Lipinski definition) is 0. The van der Waals surface area contributed by atoms with Crippen LogP contribution in [0.15, 0.2) is 48.6 Å². The van der Waals surface area contributed by atoms with Crippen LogP contribution in [0.1, 0.15) is 59.9 Å². The summed E-state index contributed by atoms with van der Waals surface area (Å²) in [5.74, 6) is 1.39. The van der Waals surface area contributed by atoms with Gasteiger partial charge in [0.15, 0.2) is 0 Å². The lowest BCUT2D eigenvalue weighted by molar-refractivity contribution is 0.533. The molecule has 0 aliphatic heterocycles. The Kier molecular flexibility index (Phi) is 4.99. The minimum Gasteiger partial charge on any atom is -0.0885 e. The van der Waals surface area contributed by atoms with E-state index in [1.54, 1.807) is 22.3 Å². The molecule has 0 aromatic heterocycles. The summed E-state index contributed by atoms with van der Waals surface area (Å²) in [5.41, 5.74) is 8.01. The van der Waals surface area contributed by atoms with Gasteiger partial charge in [0, 0.05) is 5.02 Å². The van der Waals surface area contributed by atoms with E-state index in [9.17, 15) is 0 Å². The standard InChI is InChI=1S/C24H27Cl/c1-2-3-4-17-5-13-23-20(15-17)6-7-21-16-19(10-14-24(21)23)18-8-11-22(25)12-9-18/h3-4,6-9,11-12,17,19H,2,5,10,13-16H2,1H3/b4-3+. The van der Waals surface area contributed by atoms with Crippen molar-refractivity contribution in [3.8, 4) is 0 Å². The van der Waals surface area contributed by atoms with Gasteiger partial charge in [-0.1, -0.05) is 54.9 Å². The van der Waals surface area contributed by atoms with Crippen LogP contribution in [0.4, 0.5) is 0 Å². The number of allylic oxidation sites excluding steroid dienone is 2. The molecule has 2 aromatic carbocycles. The topological polar surface area (TPSA) is 0 Å². The van der Waals surface area contributed by atoms with Crippen molar-refractivity contribution in [2.24, 2.45) is 5.92 Å². The Morgan fingerprint density at radius 3 is 2.32 bits per heavy atom. The third-order valence-corrected chi connectivity index (χ3v) is 6.32. The lowest BCUT2D eigenvalue weighted by atomic mass is 9.74. The molecule has 130 valence electrons. The van der Waals surface area contributed by atoms with Crippen molar-refractivity contribution in [1.82, 2.24) is 0 Å². The molecule has 1 heteroatoms. The minimum atomic E-state index is 0.645. The van der Waals surface area contributed by atoms with Crippen LogP contribution in [0.2, 0.25) is 5.02 Å². The van der Waals surface area contributed by atoms with E-state index in [0.717, 1.165) is 17.4 Å². The fourth-order valence-corrected chi connectivity index (χ4v) is 4.83. The fraction of sp³-hybridized carbons (Fsp3) is 0.417. The molecule has 0 spiro atoms. The van der Waals surface area contributed by atoms with E-state index in [0.29, 0.717) is 5.92 Å². The van der Waals surface area contributed by atoms with E-state index in [1.165, 1.54) is 44.1 Å². The fourth-order valence-electron chi connectivity index (χ4n) is 4.71. The molecular weight excluding hydrogens is 324 g/mol. The Hall–Kier alpha value is -1.53. The average Bonchev–Trinajstić information content (AvgIpc) is 2.66. The first kappa shape index (κ1) is 16.9. The van der Waals surface area contributed by atoms with Gasteiger partial charge < -0.3 is 0 Å². The zero-order chi connectivity index (χ0) is 17.2. The molecule has 0 heterocycles. The van der Waals surface area contributed by atoms with Crippen LogP contribution >= 0.6 is 11.6 Å².